The molecule has 0 heterocycles. The highest BCUT2D eigenvalue weighted by Gasteiger charge is 2.20. The Morgan fingerprint density at radius 1 is 0.241 bits per heavy atom. The van der Waals surface area contributed by atoms with Crippen LogP contribution in [0.3, 0.4) is 0 Å². The zero-order valence-electron chi connectivity index (χ0n) is 56.2. The van der Waals surface area contributed by atoms with Crippen LogP contribution >= 0.6 is 0 Å². The first-order chi connectivity index (χ1) is 41.0. The van der Waals surface area contributed by atoms with Gasteiger partial charge in [-0.15, -0.1) is 0 Å². The van der Waals surface area contributed by atoms with Crippen molar-refractivity contribution in [2.75, 3.05) is 13.2 Å². The molecule has 0 radical (unpaired) electrons. The van der Waals surface area contributed by atoms with E-state index in [1.165, 1.54) is 308 Å². The Hall–Kier alpha value is -2.37. The number of ether oxygens (including phenoxy) is 3. The summed E-state index contributed by atoms with van der Waals surface area (Å²) in [4.78, 5) is 38.5. The van der Waals surface area contributed by atoms with Crippen molar-refractivity contribution < 1.29 is 28.6 Å². The maximum Gasteiger partial charge on any atom is 0.306 e. The number of hydrogen-bond donors (Lipinski definition) is 0. The average Bonchev–Trinajstić information content (AvgIpc) is 3.49. The van der Waals surface area contributed by atoms with Crippen molar-refractivity contribution in [1.29, 1.82) is 0 Å². The lowest BCUT2D eigenvalue weighted by molar-refractivity contribution is -0.167. The normalized spacial score (nSPS) is 12.2. The Kier molecular flexibility index (Phi) is 70.0. The summed E-state index contributed by atoms with van der Waals surface area (Å²) in [7, 11) is 0. The van der Waals surface area contributed by atoms with E-state index < -0.39 is 6.10 Å². The van der Waals surface area contributed by atoms with Gasteiger partial charge in [-0.05, 0) is 77.0 Å². The summed E-state index contributed by atoms with van der Waals surface area (Å²) in [5.41, 5.74) is 0. The Bertz CT molecular complexity index is 1380. The van der Waals surface area contributed by atoms with Gasteiger partial charge < -0.3 is 14.2 Å². The summed E-state index contributed by atoms with van der Waals surface area (Å²) in [6.45, 7) is 6.69. The minimum Gasteiger partial charge on any atom is -0.462 e. The topological polar surface area (TPSA) is 78.9 Å². The fourth-order valence-corrected chi connectivity index (χ4v) is 11.5. The van der Waals surface area contributed by atoms with Crippen LogP contribution in [0.15, 0.2) is 36.5 Å². The zero-order chi connectivity index (χ0) is 59.9. The number of esters is 3. The van der Waals surface area contributed by atoms with Crippen LogP contribution in [0.1, 0.15) is 419 Å². The molecule has 488 valence electrons. The van der Waals surface area contributed by atoms with Gasteiger partial charge in [-0.3, -0.25) is 14.4 Å². The van der Waals surface area contributed by atoms with E-state index in [4.69, 9.17) is 14.2 Å². The largest absolute Gasteiger partial charge is 0.462 e. The molecule has 1 unspecified atom stereocenters. The van der Waals surface area contributed by atoms with Crippen molar-refractivity contribution in [2.24, 2.45) is 0 Å². The lowest BCUT2D eigenvalue weighted by Crippen LogP contribution is -2.30. The Balaban J connectivity index is 4.19. The first kappa shape index (κ1) is 80.6. The quantitative estimate of drug-likeness (QED) is 0.0261. The third-order valence-electron chi connectivity index (χ3n) is 17.1. The van der Waals surface area contributed by atoms with Gasteiger partial charge in [0, 0.05) is 19.3 Å². The molecule has 0 spiro atoms. The molecular weight excluding hydrogens is 1020 g/mol. The van der Waals surface area contributed by atoms with E-state index in [1.807, 2.05) is 0 Å². The molecule has 83 heavy (non-hydrogen) atoms. The molecule has 0 bridgehead atoms. The third-order valence-corrected chi connectivity index (χ3v) is 17.1. The van der Waals surface area contributed by atoms with E-state index in [1.54, 1.807) is 0 Å². The summed E-state index contributed by atoms with van der Waals surface area (Å²) in [6.07, 6.45) is 90.5. The minimum absolute atomic E-state index is 0.0693. The number of carbonyl (C=O) groups excluding carboxylic acids is 3. The summed E-state index contributed by atoms with van der Waals surface area (Å²) < 4.78 is 17.0. The monoisotopic (exact) mass is 1170 g/mol. The lowest BCUT2D eigenvalue weighted by Gasteiger charge is -2.18. The summed E-state index contributed by atoms with van der Waals surface area (Å²) in [6, 6.07) is 0. The zero-order valence-corrected chi connectivity index (χ0v) is 56.2. The Labute approximate surface area is 518 Å². The molecule has 0 aliphatic carbocycles. The van der Waals surface area contributed by atoms with E-state index in [0.29, 0.717) is 19.3 Å². The molecular formula is C77H144O6. The molecule has 0 aromatic carbocycles. The van der Waals surface area contributed by atoms with Crippen molar-refractivity contribution in [3.05, 3.63) is 36.5 Å². The van der Waals surface area contributed by atoms with Crippen LogP contribution < -0.4 is 0 Å². The summed E-state index contributed by atoms with van der Waals surface area (Å²) in [5, 5.41) is 0. The maximum atomic E-state index is 13.0. The number of carbonyl (C=O) groups is 3. The van der Waals surface area contributed by atoms with Gasteiger partial charge >= 0.3 is 17.9 Å². The highest BCUT2D eigenvalue weighted by Crippen LogP contribution is 2.19. The Morgan fingerprint density at radius 2 is 0.434 bits per heavy atom. The van der Waals surface area contributed by atoms with Gasteiger partial charge in [0.1, 0.15) is 13.2 Å². The van der Waals surface area contributed by atoms with Crippen molar-refractivity contribution in [3.8, 4) is 0 Å². The molecule has 0 aliphatic heterocycles. The lowest BCUT2D eigenvalue weighted by atomic mass is 10.0. The predicted octanol–water partition coefficient (Wildman–Crippen LogP) is 25.9. The minimum atomic E-state index is -0.774. The molecule has 0 fully saturated rings. The first-order valence-corrected chi connectivity index (χ1v) is 37.5. The van der Waals surface area contributed by atoms with Crippen LogP contribution in [0.4, 0.5) is 0 Å². The highest BCUT2D eigenvalue weighted by atomic mass is 16.6. The van der Waals surface area contributed by atoms with E-state index in [2.05, 4.69) is 57.2 Å². The second kappa shape index (κ2) is 72.1. The van der Waals surface area contributed by atoms with Gasteiger partial charge in [0.25, 0.3) is 0 Å². The second-order valence-corrected chi connectivity index (χ2v) is 25.6. The van der Waals surface area contributed by atoms with Gasteiger partial charge in [-0.2, -0.15) is 0 Å². The van der Waals surface area contributed by atoms with Gasteiger partial charge in [0.2, 0.25) is 0 Å². The van der Waals surface area contributed by atoms with Crippen LogP contribution in [0.2, 0.25) is 0 Å². The second-order valence-electron chi connectivity index (χ2n) is 25.6. The molecule has 0 aliphatic rings. The van der Waals surface area contributed by atoms with Gasteiger partial charge in [-0.25, -0.2) is 0 Å². The molecule has 6 nitrogen and oxygen atoms in total. The highest BCUT2D eigenvalue weighted by molar-refractivity contribution is 5.71. The smallest absolute Gasteiger partial charge is 0.306 e. The number of hydrogen-bond acceptors (Lipinski definition) is 6. The Morgan fingerprint density at radius 3 is 0.687 bits per heavy atom. The van der Waals surface area contributed by atoms with Crippen LogP contribution in [0.5, 0.6) is 0 Å². The van der Waals surface area contributed by atoms with Crippen molar-refractivity contribution >= 4 is 17.9 Å². The number of rotatable bonds is 70. The number of unbranched alkanes of at least 4 members (excludes halogenated alkanes) is 53. The van der Waals surface area contributed by atoms with Crippen molar-refractivity contribution in [3.63, 3.8) is 0 Å². The maximum absolute atomic E-state index is 13.0. The van der Waals surface area contributed by atoms with Crippen molar-refractivity contribution in [1.82, 2.24) is 0 Å². The molecule has 6 heteroatoms. The first-order valence-electron chi connectivity index (χ1n) is 37.5. The average molecular weight is 1170 g/mol. The molecule has 0 N–H and O–H groups in total. The molecule has 0 saturated heterocycles. The SMILES string of the molecule is CCCCCC/C=C\CCCCCCCC(=O)OCC(COC(=O)CCCCCCCCCCCCCCCCC/C=C\C/C=C\CCCCCCC)OC(=O)CCCCCCCCCCCCCCCCCCCCCCCCCCC. The molecule has 0 aromatic rings. The summed E-state index contributed by atoms with van der Waals surface area (Å²) in [5.74, 6) is -0.846. The molecule has 0 aromatic heterocycles. The molecule has 1 atom stereocenters. The fourth-order valence-electron chi connectivity index (χ4n) is 11.5. The summed E-state index contributed by atoms with van der Waals surface area (Å²) >= 11 is 0. The van der Waals surface area contributed by atoms with E-state index >= 15 is 0 Å². The third kappa shape index (κ3) is 70.3. The van der Waals surface area contributed by atoms with E-state index in [-0.39, 0.29) is 31.1 Å². The molecule has 0 amide bonds. The van der Waals surface area contributed by atoms with Gasteiger partial charge in [0.05, 0.1) is 0 Å². The van der Waals surface area contributed by atoms with Crippen LogP contribution in [0, 0.1) is 0 Å². The van der Waals surface area contributed by atoms with Crippen LogP contribution in [-0.4, -0.2) is 37.2 Å². The van der Waals surface area contributed by atoms with Crippen molar-refractivity contribution in [2.45, 2.75) is 425 Å². The standard InChI is InChI=1S/C77H144O6/c1-4-7-10-13-16-19-22-25-27-29-31-33-35-37-38-40-41-43-45-47-49-52-55-58-61-64-67-70-76(79)82-73-74(72-81-75(78)69-66-63-60-57-54-51-24-21-18-15-12-9-6-3)83-77(80)71-68-65-62-59-56-53-50-48-46-44-42-39-36-34-32-30-28-26-23-20-17-14-11-8-5-2/h21-22,24-25,29,31,74H,4-20,23,26-28,30,32-73H2,1-3H3/b24-21-,25-22-,31-29-. The van der Waals surface area contributed by atoms with E-state index in [9.17, 15) is 14.4 Å². The van der Waals surface area contributed by atoms with Crippen LogP contribution in [0.25, 0.3) is 0 Å². The van der Waals surface area contributed by atoms with Gasteiger partial charge in [0.15, 0.2) is 6.10 Å². The fraction of sp³-hybridized carbons (Fsp3) is 0.883. The predicted molar refractivity (Wildman–Crippen MR) is 362 cm³/mol. The van der Waals surface area contributed by atoms with E-state index in [0.717, 1.165) is 70.6 Å². The van der Waals surface area contributed by atoms with Crippen LogP contribution in [-0.2, 0) is 28.6 Å². The number of allylic oxidation sites excluding steroid dienone is 6. The van der Waals surface area contributed by atoms with Gasteiger partial charge in [-0.1, -0.05) is 359 Å². The molecule has 0 saturated carbocycles. The molecule has 0 rings (SSSR count).